The number of para-hydroxylation sites is 3. The molecule has 3 nitrogen and oxygen atoms in total. The normalized spacial score (nSPS) is 11.8. The van der Waals surface area contributed by atoms with Gasteiger partial charge in [0.1, 0.15) is 33.5 Å². The predicted molar refractivity (Wildman–Crippen MR) is 600 cm³/mol. The van der Waals surface area contributed by atoms with Crippen molar-refractivity contribution in [2.24, 2.45) is 0 Å². The Morgan fingerprint density at radius 2 is 0.376 bits per heavy atom. The van der Waals surface area contributed by atoms with Crippen molar-refractivity contribution in [1.29, 1.82) is 0 Å². The fraction of sp³-hybridized carbons (Fsp3) is 0. The maximum absolute atomic E-state index is 6.56. The molecule has 30 rings (SSSR count). The number of hydrogen-bond donors (Lipinski definition) is 0. The second-order valence-electron chi connectivity index (χ2n) is 37.2. The van der Waals surface area contributed by atoms with Gasteiger partial charge in [0.15, 0.2) is 0 Å². The van der Waals surface area contributed by atoms with Crippen molar-refractivity contribution >= 4 is 195 Å². The second-order valence-corrected chi connectivity index (χ2v) is 37.2. The highest BCUT2D eigenvalue weighted by atomic mass is 16.3. The van der Waals surface area contributed by atoms with E-state index in [2.05, 4.69) is 497 Å². The molecule has 0 radical (unpaired) electrons. The predicted octanol–water partition coefficient (Wildman–Crippen LogP) is 39.6. The van der Waals surface area contributed by atoms with Crippen LogP contribution in [0.1, 0.15) is 0 Å². The van der Waals surface area contributed by atoms with Crippen molar-refractivity contribution in [3.63, 3.8) is 0 Å². The van der Waals surface area contributed by atoms with Crippen molar-refractivity contribution in [1.82, 2.24) is 0 Å². The summed E-state index contributed by atoms with van der Waals surface area (Å²) >= 11 is 0. The number of benzene rings is 27. The molecule has 0 aliphatic heterocycles. The minimum atomic E-state index is 0.903. The lowest BCUT2D eigenvalue weighted by Gasteiger charge is -2.21. The lowest BCUT2D eigenvalue weighted by atomic mass is 9.82. The molecule has 0 N–H and O–H groups in total. The highest BCUT2D eigenvalue weighted by molar-refractivity contribution is 6.32. The molecule has 0 unspecified atom stereocenters. The van der Waals surface area contributed by atoms with Gasteiger partial charge in [-0.05, 0) is 285 Å². The van der Waals surface area contributed by atoms with Crippen LogP contribution in [0.15, 0.2) is 523 Å². The number of fused-ring (bicyclic) bond motifs is 24. The summed E-state index contributed by atoms with van der Waals surface area (Å²) in [7, 11) is 0. The maximum Gasteiger partial charge on any atom is 0.143 e. The summed E-state index contributed by atoms with van der Waals surface area (Å²) in [6.45, 7) is 0. The molecule has 27 aromatic carbocycles. The number of rotatable bonds is 9. The molecule has 0 aliphatic carbocycles. The Morgan fingerprint density at radius 1 is 0.0993 bits per heavy atom. The molecule has 30 aromatic rings. The standard InChI is InChI=1S/3C46H28O/c1-2-14-29(15-3-1)40-27-31(28-42-35-20-12-13-25-43(35)47-46(40)42)44-36-21-8-10-23-38(36)45(39-24-11-9-22-37(39)44)41-26-30-16-4-5-17-32(30)33-18-6-7-19-34(33)41;1-2-14-29(15-3-1)39-28-44-40(34-20-12-13-25-43(34)47-44)27-42(39)46-37-23-10-8-21-35(37)45(36-22-9-11-24-38(36)46)41-26-30-16-4-5-17-31(30)32-18-6-7-19-33(32)41;1-2-13-29(14-3-1)33-23-12-24-40-41-28-31(25-26-43(41)47-46(33)40)44-36-19-8-10-21-38(36)45(39-22-11-9-20-37(39)44)42-27-30-15-4-5-16-32(30)34-17-6-7-18-35(34)42/h3*1-28H. The average molecular weight is 1790 g/mol. The van der Waals surface area contributed by atoms with Crippen LogP contribution >= 0.6 is 0 Å². The highest BCUT2D eigenvalue weighted by Gasteiger charge is 2.28. The molecular formula is C138H84O3. The molecule has 141 heavy (non-hydrogen) atoms. The first-order valence-corrected chi connectivity index (χ1v) is 48.6. The van der Waals surface area contributed by atoms with Crippen molar-refractivity contribution in [3.05, 3.63) is 510 Å². The summed E-state index contributed by atoms with van der Waals surface area (Å²) < 4.78 is 19.5. The molecule has 3 heterocycles. The maximum atomic E-state index is 6.56. The summed E-state index contributed by atoms with van der Waals surface area (Å²) in [5.41, 5.74) is 27.3. The Kier molecular flexibility index (Phi) is 19.0. The zero-order chi connectivity index (χ0) is 92.7. The minimum absolute atomic E-state index is 0.903. The largest absolute Gasteiger partial charge is 0.456 e. The molecule has 0 spiro atoms. The molecule has 0 saturated heterocycles. The van der Waals surface area contributed by atoms with E-state index in [0.717, 1.165) is 93.6 Å². The van der Waals surface area contributed by atoms with Gasteiger partial charge in [-0.2, -0.15) is 0 Å². The first-order chi connectivity index (χ1) is 70.0. The quantitative estimate of drug-likeness (QED) is 0.107. The highest BCUT2D eigenvalue weighted by Crippen LogP contribution is 2.55. The first-order valence-electron chi connectivity index (χ1n) is 48.6. The minimum Gasteiger partial charge on any atom is -0.456 e. The Labute approximate surface area is 812 Å². The SMILES string of the molecule is c1ccc(-c2cc(-c3c4ccccc4c(-c4cc5ccccc5c5ccccc45)c4ccccc34)cc3c2oc2ccccc23)cc1.c1ccc(-c2cc3oc4ccccc4c3cc2-c2c3ccccc3c(-c3cc4ccccc4c4ccccc34)c3ccccc23)cc1.c1ccc(-c2cccc3c2oc2ccc(-c4c5ccccc5c(-c5cc6ccccc6c6ccccc56)c5ccccc45)cc23)cc1. The number of hydrogen-bond acceptors (Lipinski definition) is 3. The van der Waals surface area contributed by atoms with Crippen LogP contribution in [0.3, 0.4) is 0 Å². The van der Waals surface area contributed by atoms with Gasteiger partial charge in [-0.1, -0.05) is 443 Å². The van der Waals surface area contributed by atoms with Crippen LogP contribution in [0.5, 0.6) is 0 Å². The van der Waals surface area contributed by atoms with Crippen molar-refractivity contribution in [2.45, 2.75) is 0 Å². The van der Waals surface area contributed by atoms with Crippen molar-refractivity contribution in [3.8, 4) is 100 Å². The Morgan fingerprint density at radius 3 is 0.787 bits per heavy atom. The molecule has 0 amide bonds. The molecule has 0 saturated carbocycles. The van der Waals surface area contributed by atoms with E-state index in [0.29, 0.717) is 0 Å². The van der Waals surface area contributed by atoms with Crippen LogP contribution in [0, 0.1) is 0 Å². The van der Waals surface area contributed by atoms with E-state index in [1.54, 1.807) is 0 Å². The second kappa shape index (κ2) is 33.2. The lowest BCUT2D eigenvalue weighted by molar-refractivity contribution is 0.669. The smallest absolute Gasteiger partial charge is 0.143 e. The van der Waals surface area contributed by atoms with Gasteiger partial charge < -0.3 is 13.3 Å². The van der Waals surface area contributed by atoms with Gasteiger partial charge >= 0.3 is 0 Å². The summed E-state index contributed by atoms with van der Waals surface area (Å²) in [6, 6.07) is 185. The van der Waals surface area contributed by atoms with Crippen LogP contribution in [0.4, 0.5) is 0 Å². The first kappa shape index (κ1) is 80.9. The van der Waals surface area contributed by atoms with E-state index in [1.165, 1.54) is 202 Å². The molecule has 0 fully saturated rings. The van der Waals surface area contributed by atoms with Crippen LogP contribution in [0.25, 0.3) is 295 Å². The molecular weight excluding hydrogens is 1710 g/mol. The van der Waals surface area contributed by atoms with E-state index >= 15 is 0 Å². The summed E-state index contributed by atoms with van der Waals surface area (Å²) in [5.74, 6) is 0. The van der Waals surface area contributed by atoms with Crippen LogP contribution in [0.2, 0.25) is 0 Å². The third-order valence-electron chi connectivity index (χ3n) is 29.5. The average Bonchev–Trinajstić information content (AvgIpc) is 1.46. The summed E-state index contributed by atoms with van der Waals surface area (Å²) in [6.07, 6.45) is 0. The molecule has 3 aromatic heterocycles. The van der Waals surface area contributed by atoms with Gasteiger partial charge in [0.05, 0.1) is 0 Å². The van der Waals surface area contributed by atoms with E-state index in [-0.39, 0.29) is 0 Å². The van der Waals surface area contributed by atoms with Crippen LogP contribution < -0.4 is 0 Å². The topological polar surface area (TPSA) is 39.4 Å². The fourth-order valence-corrected chi connectivity index (χ4v) is 23.4. The molecule has 0 aliphatic rings. The van der Waals surface area contributed by atoms with Gasteiger partial charge in [-0.15, -0.1) is 0 Å². The molecule has 3 heteroatoms. The van der Waals surface area contributed by atoms with Gasteiger partial charge in [0.25, 0.3) is 0 Å². The van der Waals surface area contributed by atoms with E-state index < -0.39 is 0 Å². The lowest BCUT2D eigenvalue weighted by Crippen LogP contribution is -1.94. The van der Waals surface area contributed by atoms with Gasteiger partial charge in [0.2, 0.25) is 0 Å². The van der Waals surface area contributed by atoms with Gasteiger partial charge in [0, 0.05) is 43.4 Å². The van der Waals surface area contributed by atoms with E-state index in [4.69, 9.17) is 13.3 Å². The Balaban J connectivity index is 0.000000104. The van der Waals surface area contributed by atoms with Crippen molar-refractivity contribution in [2.75, 3.05) is 0 Å². The fourth-order valence-electron chi connectivity index (χ4n) is 23.4. The molecule has 0 bridgehead atoms. The van der Waals surface area contributed by atoms with E-state index in [1.807, 2.05) is 12.1 Å². The Bertz CT molecular complexity index is 10200. The van der Waals surface area contributed by atoms with Crippen molar-refractivity contribution < 1.29 is 13.3 Å². The third-order valence-corrected chi connectivity index (χ3v) is 29.5. The van der Waals surface area contributed by atoms with Crippen LogP contribution in [-0.4, -0.2) is 0 Å². The van der Waals surface area contributed by atoms with Gasteiger partial charge in [-0.25, -0.2) is 0 Å². The summed E-state index contributed by atoms with van der Waals surface area (Å²) in [4.78, 5) is 0. The molecule has 0 atom stereocenters. The monoisotopic (exact) mass is 1790 g/mol. The summed E-state index contributed by atoms with van der Waals surface area (Å²) in [5, 5.41) is 37.0. The van der Waals surface area contributed by atoms with Crippen LogP contribution in [-0.2, 0) is 0 Å². The molecule has 654 valence electrons. The zero-order valence-corrected chi connectivity index (χ0v) is 76.7. The van der Waals surface area contributed by atoms with E-state index in [9.17, 15) is 0 Å². The zero-order valence-electron chi connectivity index (χ0n) is 76.7. The number of furan rings is 3. The van der Waals surface area contributed by atoms with Gasteiger partial charge in [-0.3, -0.25) is 0 Å². The Hall–Kier alpha value is -18.5. The third kappa shape index (κ3) is 13.2.